The van der Waals surface area contributed by atoms with E-state index < -0.39 is 0 Å². The molecule has 1 saturated heterocycles. The summed E-state index contributed by atoms with van der Waals surface area (Å²) in [4.78, 5) is 10.6. The Labute approximate surface area is 146 Å². The third-order valence-electron chi connectivity index (χ3n) is 3.96. The number of ether oxygens (including phenoxy) is 1. The van der Waals surface area contributed by atoms with Crippen LogP contribution in [0, 0.1) is 11.3 Å². The standard InChI is InChI=1S/C17H18ClN5O/c18-14-3-1-2-13(8-14)16(23-4-6-24-7-5-23)11-22-17-12-20-15(9-19)10-21-17/h1-3,8,10,12,16H,4-7,11H2,(H,21,22)/t16-/m1/s1. The van der Waals surface area contributed by atoms with Crippen LogP contribution < -0.4 is 5.32 Å². The number of nitrogens with zero attached hydrogens (tertiary/aromatic N) is 4. The first-order valence-corrected chi connectivity index (χ1v) is 8.17. The second-order valence-corrected chi connectivity index (χ2v) is 5.94. The second kappa shape index (κ2) is 8.06. The molecule has 1 aliphatic rings. The average molecular weight is 344 g/mol. The zero-order valence-electron chi connectivity index (χ0n) is 13.2. The van der Waals surface area contributed by atoms with Crippen LogP contribution in [0.2, 0.25) is 5.02 Å². The van der Waals surface area contributed by atoms with Gasteiger partial charge < -0.3 is 10.1 Å². The summed E-state index contributed by atoms with van der Waals surface area (Å²) in [6.45, 7) is 3.87. The molecule has 1 N–H and O–H groups in total. The molecule has 0 aliphatic carbocycles. The molecule has 124 valence electrons. The molecule has 0 spiro atoms. The molecule has 0 amide bonds. The quantitative estimate of drug-likeness (QED) is 0.899. The molecule has 1 aromatic heterocycles. The van der Waals surface area contributed by atoms with Gasteiger partial charge in [-0.3, -0.25) is 4.90 Å². The molecule has 1 fully saturated rings. The predicted molar refractivity (Wildman–Crippen MR) is 91.8 cm³/mol. The van der Waals surface area contributed by atoms with Gasteiger partial charge in [0.15, 0.2) is 5.69 Å². The Morgan fingerprint density at radius 2 is 2.12 bits per heavy atom. The van der Waals surface area contributed by atoms with Crippen LogP contribution in [0.25, 0.3) is 0 Å². The molecule has 7 heteroatoms. The number of hydrogen-bond donors (Lipinski definition) is 1. The van der Waals surface area contributed by atoms with Crippen LogP contribution in [-0.4, -0.2) is 47.7 Å². The Bertz CT molecular complexity index is 710. The van der Waals surface area contributed by atoms with Gasteiger partial charge in [-0.15, -0.1) is 0 Å². The molecule has 1 aliphatic heterocycles. The maximum absolute atomic E-state index is 8.79. The lowest BCUT2D eigenvalue weighted by molar-refractivity contribution is 0.0187. The minimum Gasteiger partial charge on any atom is -0.379 e. The Morgan fingerprint density at radius 1 is 1.29 bits per heavy atom. The van der Waals surface area contributed by atoms with E-state index in [0.29, 0.717) is 18.1 Å². The van der Waals surface area contributed by atoms with Gasteiger partial charge in [0.2, 0.25) is 0 Å². The fourth-order valence-electron chi connectivity index (χ4n) is 2.74. The molecule has 1 atom stereocenters. The minimum absolute atomic E-state index is 0.157. The van der Waals surface area contributed by atoms with Crippen molar-refractivity contribution in [2.45, 2.75) is 6.04 Å². The fourth-order valence-corrected chi connectivity index (χ4v) is 2.94. The number of morpholine rings is 1. The Balaban J connectivity index is 1.75. The fraction of sp³-hybridized carbons (Fsp3) is 0.353. The summed E-state index contributed by atoms with van der Waals surface area (Å²) >= 11 is 6.16. The number of hydrogen-bond acceptors (Lipinski definition) is 6. The number of anilines is 1. The van der Waals surface area contributed by atoms with Crippen LogP contribution >= 0.6 is 11.6 Å². The van der Waals surface area contributed by atoms with Crippen LogP contribution in [-0.2, 0) is 4.74 Å². The highest BCUT2D eigenvalue weighted by molar-refractivity contribution is 6.30. The summed E-state index contributed by atoms with van der Waals surface area (Å²) in [5, 5.41) is 12.8. The van der Waals surface area contributed by atoms with Crippen LogP contribution in [0.15, 0.2) is 36.7 Å². The number of benzene rings is 1. The summed E-state index contributed by atoms with van der Waals surface area (Å²) in [6, 6.07) is 10.0. The van der Waals surface area contributed by atoms with E-state index in [1.807, 2.05) is 24.3 Å². The molecule has 24 heavy (non-hydrogen) atoms. The lowest BCUT2D eigenvalue weighted by Gasteiger charge is -2.35. The van der Waals surface area contributed by atoms with Gasteiger partial charge in [0.05, 0.1) is 31.6 Å². The van der Waals surface area contributed by atoms with Crippen molar-refractivity contribution in [1.82, 2.24) is 14.9 Å². The van der Waals surface area contributed by atoms with E-state index in [0.717, 1.165) is 36.9 Å². The summed E-state index contributed by atoms with van der Waals surface area (Å²) < 4.78 is 5.46. The largest absolute Gasteiger partial charge is 0.379 e. The van der Waals surface area contributed by atoms with E-state index in [2.05, 4.69) is 26.3 Å². The number of halogens is 1. The first-order valence-electron chi connectivity index (χ1n) is 7.79. The summed E-state index contributed by atoms with van der Waals surface area (Å²) in [6.07, 6.45) is 3.04. The normalized spacial score (nSPS) is 16.3. The predicted octanol–water partition coefficient (Wildman–Crippen LogP) is 2.49. The Kier molecular flexibility index (Phi) is 5.59. The lowest BCUT2D eigenvalue weighted by atomic mass is 10.0. The van der Waals surface area contributed by atoms with Gasteiger partial charge in [-0.05, 0) is 17.7 Å². The molecule has 2 aromatic rings. The molecule has 0 bridgehead atoms. The van der Waals surface area contributed by atoms with Crippen molar-refractivity contribution in [1.29, 1.82) is 5.26 Å². The summed E-state index contributed by atoms with van der Waals surface area (Å²) in [7, 11) is 0. The summed E-state index contributed by atoms with van der Waals surface area (Å²) in [5.41, 5.74) is 1.46. The van der Waals surface area contributed by atoms with Crippen molar-refractivity contribution in [3.8, 4) is 6.07 Å². The monoisotopic (exact) mass is 343 g/mol. The molecular formula is C17H18ClN5O. The minimum atomic E-state index is 0.157. The molecule has 0 unspecified atom stereocenters. The van der Waals surface area contributed by atoms with Crippen molar-refractivity contribution in [2.75, 3.05) is 38.2 Å². The van der Waals surface area contributed by atoms with Crippen LogP contribution in [0.5, 0.6) is 0 Å². The number of aromatic nitrogens is 2. The van der Waals surface area contributed by atoms with E-state index in [1.54, 1.807) is 6.20 Å². The molecule has 6 nitrogen and oxygen atoms in total. The zero-order valence-corrected chi connectivity index (χ0v) is 13.9. The smallest absolute Gasteiger partial charge is 0.158 e. The number of rotatable bonds is 5. The van der Waals surface area contributed by atoms with Gasteiger partial charge in [0.1, 0.15) is 11.9 Å². The zero-order chi connectivity index (χ0) is 16.8. The highest BCUT2D eigenvalue weighted by Crippen LogP contribution is 2.24. The summed E-state index contributed by atoms with van der Waals surface area (Å²) in [5.74, 6) is 0.647. The van der Waals surface area contributed by atoms with Crippen LogP contribution in [0.1, 0.15) is 17.3 Å². The second-order valence-electron chi connectivity index (χ2n) is 5.50. The van der Waals surface area contributed by atoms with Gasteiger partial charge in [0, 0.05) is 24.7 Å². The van der Waals surface area contributed by atoms with Gasteiger partial charge in [-0.1, -0.05) is 23.7 Å². The van der Waals surface area contributed by atoms with Gasteiger partial charge in [-0.2, -0.15) is 5.26 Å². The molecule has 0 radical (unpaired) electrons. The molecular weight excluding hydrogens is 326 g/mol. The maximum atomic E-state index is 8.79. The topological polar surface area (TPSA) is 74.1 Å². The van der Waals surface area contributed by atoms with Gasteiger partial charge in [0.25, 0.3) is 0 Å². The average Bonchev–Trinajstić information content (AvgIpc) is 2.63. The van der Waals surface area contributed by atoms with E-state index >= 15 is 0 Å². The maximum Gasteiger partial charge on any atom is 0.158 e. The van der Waals surface area contributed by atoms with Gasteiger partial charge in [-0.25, -0.2) is 9.97 Å². The Morgan fingerprint density at radius 3 is 2.79 bits per heavy atom. The van der Waals surface area contributed by atoms with Crippen molar-refractivity contribution in [3.63, 3.8) is 0 Å². The lowest BCUT2D eigenvalue weighted by Crippen LogP contribution is -2.41. The van der Waals surface area contributed by atoms with Crippen molar-refractivity contribution >= 4 is 17.4 Å². The van der Waals surface area contributed by atoms with Gasteiger partial charge >= 0.3 is 0 Å². The third kappa shape index (κ3) is 4.20. The SMILES string of the molecule is N#Cc1cnc(NC[C@H](c2cccc(Cl)c2)N2CCOCC2)cn1. The van der Waals surface area contributed by atoms with Crippen molar-refractivity contribution < 1.29 is 4.74 Å². The van der Waals surface area contributed by atoms with Crippen LogP contribution in [0.3, 0.4) is 0 Å². The number of nitrogens with one attached hydrogen (secondary N) is 1. The highest BCUT2D eigenvalue weighted by Gasteiger charge is 2.22. The highest BCUT2D eigenvalue weighted by atomic mass is 35.5. The number of nitriles is 1. The van der Waals surface area contributed by atoms with Crippen molar-refractivity contribution in [2.24, 2.45) is 0 Å². The van der Waals surface area contributed by atoms with Crippen molar-refractivity contribution in [3.05, 3.63) is 52.9 Å². The molecule has 2 heterocycles. The van der Waals surface area contributed by atoms with Crippen LogP contribution in [0.4, 0.5) is 5.82 Å². The van der Waals surface area contributed by atoms with E-state index in [9.17, 15) is 0 Å². The Hall–Kier alpha value is -2.20. The third-order valence-corrected chi connectivity index (χ3v) is 4.20. The molecule has 0 saturated carbocycles. The van der Waals surface area contributed by atoms with E-state index in [1.165, 1.54) is 6.20 Å². The van der Waals surface area contributed by atoms with E-state index in [-0.39, 0.29) is 6.04 Å². The first kappa shape index (κ1) is 16.7. The first-order chi connectivity index (χ1) is 11.8. The van der Waals surface area contributed by atoms with E-state index in [4.69, 9.17) is 21.6 Å². The molecule has 1 aromatic carbocycles. The molecule has 3 rings (SSSR count).